The second-order valence-corrected chi connectivity index (χ2v) is 4.91. The van der Waals surface area contributed by atoms with Crippen LogP contribution >= 0.6 is 12.2 Å². The van der Waals surface area contributed by atoms with Crippen molar-refractivity contribution in [2.45, 2.75) is 13.0 Å². The second-order valence-electron chi connectivity index (χ2n) is 4.44. The van der Waals surface area contributed by atoms with Crippen molar-refractivity contribution in [3.63, 3.8) is 0 Å². The highest BCUT2D eigenvalue weighted by atomic mass is 32.1. The van der Waals surface area contributed by atoms with E-state index in [9.17, 15) is 4.79 Å². The van der Waals surface area contributed by atoms with E-state index in [1.807, 2.05) is 38.1 Å². The van der Waals surface area contributed by atoms with E-state index < -0.39 is 0 Å². The van der Waals surface area contributed by atoms with Crippen molar-refractivity contribution in [2.75, 3.05) is 26.0 Å². The summed E-state index contributed by atoms with van der Waals surface area (Å²) in [5.74, 6) is -0.0828. The Hall–Kier alpha value is -1.62. The lowest BCUT2D eigenvalue weighted by Crippen LogP contribution is -2.42. The summed E-state index contributed by atoms with van der Waals surface area (Å²) < 4.78 is 0. The van der Waals surface area contributed by atoms with Gasteiger partial charge in [0.15, 0.2) is 0 Å². The summed E-state index contributed by atoms with van der Waals surface area (Å²) >= 11 is 4.90. The number of likely N-dealkylation sites (N-methyl/N-ethyl adjacent to an activating group) is 1. The van der Waals surface area contributed by atoms with E-state index in [1.165, 1.54) is 0 Å². The van der Waals surface area contributed by atoms with Gasteiger partial charge < -0.3 is 15.5 Å². The van der Waals surface area contributed by atoms with Crippen molar-refractivity contribution >= 4 is 28.8 Å². The first kappa shape index (κ1) is 14.4. The topological polar surface area (TPSA) is 49.6 Å². The largest absolute Gasteiger partial charge is 0.392 e. The van der Waals surface area contributed by atoms with Gasteiger partial charge in [0.1, 0.15) is 0 Å². The van der Waals surface area contributed by atoms with Gasteiger partial charge in [0.05, 0.1) is 11.0 Å². The van der Waals surface area contributed by atoms with Crippen molar-refractivity contribution < 1.29 is 4.79 Å². The van der Waals surface area contributed by atoms with E-state index in [0.717, 1.165) is 5.69 Å². The summed E-state index contributed by atoms with van der Waals surface area (Å²) in [4.78, 5) is 16.0. The van der Waals surface area contributed by atoms with Crippen molar-refractivity contribution in [2.24, 2.45) is 5.73 Å². The summed E-state index contributed by atoms with van der Waals surface area (Å²) in [5, 5.41) is 0. The molecule has 2 N–H and O–H groups in total. The normalized spacial score (nSPS) is 11.8. The van der Waals surface area contributed by atoms with Gasteiger partial charge in [0.2, 0.25) is 0 Å². The van der Waals surface area contributed by atoms with Gasteiger partial charge in [-0.25, -0.2) is 0 Å². The van der Waals surface area contributed by atoms with E-state index in [0.29, 0.717) is 10.6 Å². The number of anilines is 1. The molecule has 0 radical (unpaired) electrons. The molecule has 0 heterocycles. The van der Waals surface area contributed by atoms with E-state index in [-0.39, 0.29) is 11.9 Å². The number of thiocarbonyl (C=S) groups is 1. The van der Waals surface area contributed by atoms with Crippen LogP contribution in [-0.2, 0) is 0 Å². The summed E-state index contributed by atoms with van der Waals surface area (Å²) in [6.07, 6.45) is 0. The molecule has 0 aliphatic rings. The van der Waals surface area contributed by atoms with Crippen LogP contribution in [0, 0.1) is 0 Å². The van der Waals surface area contributed by atoms with Crippen LogP contribution in [0.5, 0.6) is 0 Å². The number of hydrogen-bond donors (Lipinski definition) is 1. The fourth-order valence-corrected chi connectivity index (χ4v) is 1.63. The quantitative estimate of drug-likeness (QED) is 0.838. The summed E-state index contributed by atoms with van der Waals surface area (Å²) in [7, 11) is 5.61. The molecule has 98 valence electrons. The van der Waals surface area contributed by atoms with E-state index in [1.54, 1.807) is 24.1 Å². The van der Waals surface area contributed by atoms with Crippen LogP contribution in [0.2, 0.25) is 0 Å². The molecule has 1 unspecified atom stereocenters. The molecule has 1 rings (SSSR count). The lowest BCUT2D eigenvalue weighted by atomic mass is 10.1. The van der Waals surface area contributed by atoms with Gasteiger partial charge in [-0.1, -0.05) is 12.2 Å². The fraction of sp³-hybridized carbons (Fsp3) is 0.385. The van der Waals surface area contributed by atoms with Crippen LogP contribution in [0.25, 0.3) is 0 Å². The Kier molecular flexibility index (Phi) is 4.67. The zero-order valence-electron chi connectivity index (χ0n) is 11.2. The lowest BCUT2D eigenvalue weighted by Gasteiger charge is -2.24. The van der Waals surface area contributed by atoms with E-state index in [2.05, 4.69) is 0 Å². The van der Waals surface area contributed by atoms with Crippen molar-refractivity contribution in [3.8, 4) is 0 Å². The maximum Gasteiger partial charge on any atom is 0.254 e. The Morgan fingerprint density at radius 1 is 1.22 bits per heavy atom. The number of rotatable bonds is 4. The molecule has 4 nitrogen and oxygen atoms in total. The summed E-state index contributed by atoms with van der Waals surface area (Å²) in [6, 6.07) is 7.18. The van der Waals surface area contributed by atoms with Gasteiger partial charge in [-0.15, -0.1) is 0 Å². The Morgan fingerprint density at radius 2 is 1.72 bits per heavy atom. The molecule has 0 spiro atoms. The van der Waals surface area contributed by atoms with E-state index in [4.69, 9.17) is 18.0 Å². The number of nitrogens with two attached hydrogens (primary N) is 1. The Labute approximate surface area is 113 Å². The summed E-state index contributed by atoms with van der Waals surface area (Å²) in [5.41, 5.74) is 7.23. The third kappa shape index (κ3) is 3.20. The lowest BCUT2D eigenvalue weighted by molar-refractivity contribution is 0.0779. The Balaban J connectivity index is 2.87. The number of benzene rings is 1. The average molecular weight is 265 g/mol. The summed E-state index contributed by atoms with van der Waals surface area (Å²) in [6.45, 7) is 1.81. The zero-order chi connectivity index (χ0) is 13.9. The fourth-order valence-electron chi connectivity index (χ4n) is 1.47. The van der Waals surface area contributed by atoms with Gasteiger partial charge in [-0.2, -0.15) is 0 Å². The van der Waals surface area contributed by atoms with Crippen LogP contribution in [-0.4, -0.2) is 43.0 Å². The maximum absolute atomic E-state index is 12.2. The van der Waals surface area contributed by atoms with Gasteiger partial charge in [-0.3, -0.25) is 4.79 Å². The van der Waals surface area contributed by atoms with Crippen LogP contribution in [0.4, 0.5) is 5.69 Å². The number of carbonyl (C=O) groups excluding carboxylic acids is 1. The second kappa shape index (κ2) is 5.82. The maximum atomic E-state index is 12.2. The number of hydrogen-bond acceptors (Lipinski definition) is 3. The SMILES string of the molecule is CC(C(N)=S)N(C)C(=O)c1ccc(N(C)C)cc1. The highest BCUT2D eigenvalue weighted by molar-refractivity contribution is 7.80. The van der Waals surface area contributed by atoms with Gasteiger partial charge >= 0.3 is 0 Å². The molecule has 0 saturated heterocycles. The Morgan fingerprint density at radius 3 is 2.11 bits per heavy atom. The van der Waals surface area contributed by atoms with Crippen LogP contribution in [0.3, 0.4) is 0 Å². The molecule has 0 saturated carbocycles. The number of carbonyl (C=O) groups is 1. The third-order valence-corrected chi connectivity index (χ3v) is 3.28. The molecular weight excluding hydrogens is 246 g/mol. The van der Waals surface area contributed by atoms with Gasteiger partial charge in [0.25, 0.3) is 5.91 Å². The van der Waals surface area contributed by atoms with Crippen molar-refractivity contribution in [1.82, 2.24) is 4.90 Å². The van der Waals surface area contributed by atoms with Gasteiger partial charge in [0, 0.05) is 32.4 Å². The van der Waals surface area contributed by atoms with Crippen LogP contribution in [0.1, 0.15) is 17.3 Å². The molecule has 1 amide bonds. The first-order valence-corrected chi connectivity index (χ1v) is 6.09. The smallest absolute Gasteiger partial charge is 0.254 e. The van der Waals surface area contributed by atoms with Crippen LogP contribution in [0.15, 0.2) is 24.3 Å². The minimum absolute atomic E-state index is 0.0828. The highest BCUT2D eigenvalue weighted by Crippen LogP contribution is 2.14. The molecule has 0 fully saturated rings. The number of nitrogens with zero attached hydrogens (tertiary/aromatic N) is 2. The first-order valence-electron chi connectivity index (χ1n) is 5.68. The highest BCUT2D eigenvalue weighted by Gasteiger charge is 2.19. The molecule has 18 heavy (non-hydrogen) atoms. The molecule has 5 heteroatoms. The van der Waals surface area contributed by atoms with Crippen molar-refractivity contribution in [3.05, 3.63) is 29.8 Å². The van der Waals surface area contributed by atoms with Gasteiger partial charge in [-0.05, 0) is 31.2 Å². The van der Waals surface area contributed by atoms with Crippen LogP contribution < -0.4 is 10.6 Å². The Bertz CT molecular complexity index is 442. The minimum atomic E-state index is -0.249. The average Bonchev–Trinajstić information content (AvgIpc) is 2.36. The monoisotopic (exact) mass is 265 g/mol. The molecular formula is C13H19N3OS. The molecule has 1 atom stereocenters. The predicted molar refractivity (Wildman–Crippen MR) is 79.1 cm³/mol. The standard InChI is InChI=1S/C13H19N3OS/c1-9(12(14)18)16(4)13(17)10-5-7-11(8-6-10)15(2)3/h5-9H,1-4H3,(H2,14,18). The first-order chi connectivity index (χ1) is 8.34. The molecule has 1 aromatic rings. The minimum Gasteiger partial charge on any atom is -0.392 e. The third-order valence-electron chi connectivity index (χ3n) is 2.94. The number of amides is 1. The molecule has 0 aliphatic carbocycles. The van der Waals surface area contributed by atoms with E-state index >= 15 is 0 Å². The molecule has 0 aliphatic heterocycles. The predicted octanol–water partition coefficient (Wildman–Crippen LogP) is 1.50. The van der Waals surface area contributed by atoms with Crippen molar-refractivity contribution in [1.29, 1.82) is 0 Å². The molecule has 1 aromatic carbocycles. The zero-order valence-corrected chi connectivity index (χ0v) is 12.0. The molecule has 0 bridgehead atoms. The molecule has 0 aromatic heterocycles.